The smallest absolute Gasteiger partial charge is 0.115 e. The number of phenolic OH excluding ortho intramolecular Hbond substituents is 1. The molecule has 1 aliphatic heterocycles. The Morgan fingerprint density at radius 2 is 1.52 bits per heavy atom. The average molecular weight is 312 g/mol. The summed E-state index contributed by atoms with van der Waals surface area (Å²) in [6, 6.07) is 15.5. The van der Waals surface area contributed by atoms with Crippen LogP contribution in [-0.4, -0.2) is 47.8 Å². The van der Waals surface area contributed by atoms with Crippen LogP contribution in [0.15, 0.2) is 48.5 Å². The van der Waals surface area contributed by atoms with Gasteiger partial charge in [-0.05, 0) is 36.8 Å². The molecule has 0 aliphatic carbocycles. The highest BCUT2D eigenvalue weighted by Gasteiger charge is 2.20. The Labute approximate surface area is 137 Å². The summed E-state index contributed by atoms with van der Waals surface area (Å²) >= 11 is 0. The van der Waals surface area contributed by atoms with E-state index >= 15 is 0 Å². The molecule has 0 saturated carbocycles. The molecule has 4 nitrogen and oxygen atoms in total. The minimum atomic E-state index is -0.434. The molecule has 2 N–H and O–H groups in total. The number of rotatable bonds is 4. The molecule has 0 spiro atoms. The molecule has 0 aromatic heterocycles. The van der Waals surface area contributed by atoms with Crippen molar-refractivity contribution in [3.8, 4) is 5.75 Å². The number of piperazine rings is 1. The van der Waals surface area contributed by atoms with Crippen LogP contribution in [-0.2, 0) is 0 Å². The van der Waals surface area contributed by atoms with Crippen molar-refractivity contribution in [3.63, 3.8) is 0 Å². The van der Waals surface area contributed by atoms with Gasteiger partial charge in [-0.25, -0.2) is 0 Å². The molecule has 0 bridgehead atoms. The molecule has 1 fully saturated rings. The molecule has 0 radical (unpaired) electrons. The molecular weight excluding hydrogens is 288 g/mol. The number of benzene rings is 2. The van der Waals surface area contributed by atoms with Crippen molar-refractivity contribution in [3.05, 3.63) is 59.7 Å². The summed E-state index contributed by atoms with van der Waals surface area (Å²) in [4.78, 5) is 4.62. The summed E-state index contributed by atoms with van der Waals surface area (Å²) in [5.41, 5.74) is 3.33. The first-order valence-corrected chi connectivity index (χ1v) is 8.13. The SMILES string of the molecule is Cc1ccc(C(O)CN2CCN(c3ccc(O)cc3)CC2)cc1. The molecule has 4 heteroatoms. The number of anilines is 1. The third-order valence-electron chi connectivity index (χ3n) is 4.48. The first-order chi connectivity index (χ1) is 11.1. The van der Waals surface area contributed by atoms with Crippen LogP contribution in [0.25, 0.3) is 0 Å². The number of hydrogen-bond acceptors (Lipinski definition) is 4. The van der Waals surface area contributed by atoms with E-state index in [1.807, 2.05) is 36.4 Å². The molecule has 3 rings (SSSR count). The Bertz CT molecular complexity index is 617. The van der Waals surface area contributed by atoms with Gasteiger partial charge in [-0.15, -0.1) is 0 Å². The maximum Gasteiger partial charge on any atom is 0.115 e. The number of hydrogen-bond donors (Lipinski definition) is 2. The van der Waals surface area contributed by atoms with Gasteiger partial charge in [0.1, 0.15) is 5.75 Å². The molecule has 2 aromatic rings. The zero-order valence-electron chi connectivity index (χ0n) is 13.5. The van der Waals surface area contributed by atoms with Crippen LogP contribution in [0.5, 0.6) is 5.75 Å². The first-order valence-electron chi connectivity index (χ1n) is 8.13. The normalized spacial score (nSPS) is 17.2. The van der Waals surface area contributed by atoms with Crippen molar-refractivity contribution in [2.75, 3.05) is 37.6 Å². The van der Waals surface area contributed by atoms with E-state index in [-0.39, 0.29) is 0 Å². The Morgan fingerprint density at radius 1 is 0.913 bits per heavy atom. The summed E-state index contributed by atoms with van der Waals surface area (Å²) in [5, 5.41) is 19.8. The predicted octanol–water partition coefficient (Wildman–Crippen LogP) is 2.56. The van der Waals surface area contributed by atoms with Crippen molar-refractivity contribution in [1.82, 2.24) is 4.90 Å². The lowest BCUT2D eigenvalue weighted by Crippen LogP contribution is -2.47. The van der Waals surface area contributed by atoms with Crippen molar-refractivity contribution in [2.24, 2.45) is 0 Å². The van der Waals surface area contributed by atoms with Crippen LogP contribution in [0, 0.1) is 6.92 Å². The lowest BCUT2D eigenvalue weighted by atomic mass is 10.1. The van der Waals surface area contributed by atoms with Gasteiger partial charge >= 0.3 is 0 Å². The Balaban J connectivity index is 1.52. The molecule has 1 atom stereocenters. The molecule has 23 heavy (non-hydrogen) atoms. The highest BCUT2D eigenvalue weighted by molar-refractivity contribution is 5.49. The summed E-state index contributed by atoms with van der Waals surface area (Å²) < 4.78 is 0. The lowest BCUT2D eigenvalue weighted by molar-refractivity contribution is 0.109. The fraction of sp³-hybridized carbons (Fsp3) is 0.368. The molecule has 1 aliphatic rings. The number of aliphatic hydroxyl groups is 1. The molecular formula is C19H24N2O2. The monoisotopic (exact) mass is 312 g/mol. The minimum Gasteiger partial charge on any atom is -0.508 e. The number of nitrogens with zero attached hydrogens (tertiary/aromatic N) is 2. The Hall–Kier alpha value is -2.04. The van der Waals surface area contributed by atoms with Crippen LogP contribution in [0.2, 0.25) is 0 Å². The molecule has 122 valence electrons. The second-order valence-electron chi connectivity index (χ2n) is 6.23. The number of β-amino-alcohol motifs (C(OH)–C–C–N with tert-alkyl or cyclic N) is 1. The van der Waals surface area contributed by atoms with Gasteiger partial charge in [0.15, 0.2) is 0 Å². The predicted molar refractivity (Wildman–Crippen MR) is 92.9 cm³/mol. The van der Waals surface area contributed by atoms with Gasteiger partial charge < -0.3 is 15.1 Å². The van der Waals surface area contributed by atoms with E-state index < -0.39 is 6.10 Å². The van der Waals surface area contributed by atoms with Crippen molar-refractivity contribution in [1.29, 1.82) is 0 Å². The van der Waals surface area contributed by atoms with Crippen molar-refractivity contribution < 1.29 is 10.2 Å². The van der Waals surface area contributed by atoms with E-state index in [4.69, 9.17) is 0 Å². The largest absolute Gasteiger partial charge is 0.508 e. The highest BCUT2D eigenvalue weighted by atomic mass is 16.3. The maximum atomic E-state index is 10.4. The Morgan fingerprint density at radius 3 is 2.13 bits per heavy atom. The standard InChI is InChI=1S/C19H24N2O2/c1-15-2-4-16(5-3-15)19(23)14-20-10-12-21(13-11-20)17-6-8-18(22)9-7-17/h2-9,19,22-23H,10-14H2,1H3. The summed E-state index contributed by atoms with van der Waals surface area (Å²) in [6.07, 6.45) is -0.434. The van der Waals surface area contributed by atoms with E-state index in [0.29, 0.717) is 12.3 Å². The number of aliphatic hydroxyl groups excluding tert-OH is 1. The lowest BCUT2D eigenvalue weighted by Gasteiger charge is -2.37. The van der Waals surface area contributed by atoms with Gasteiger partial charge in [0, 0.05) is 38.4 Å². The second kappa shape index (κ2) is 7.02. The highest BCUT2D eigenvalue weighted by Crippen LogP contribution is 2.21. The van der Waals surface area contributed by atoms with Gasteiger partial charge in [0.2, 0.25) is 0 Å². The number of aromatic hydroxyl groups is 1. The molecule has 1 saturated heterocycles. The van der Waals surface area contributed by atoms with E-state index in [1.54, 1.807) is 12.1 Å². The quantitative estimate of drug-likeness (QED) is 0.911. The second-order valence-corrected chi connectivity index (χ2v) is 6.23. The summed E-state index contributed by atoms with van der Waals surface area (Å²) in [5.74, 6) is 0.300. The van der Waals surface area contributed by atoms with E-state index in [0.717, 1.165) is 37.4 Å². The third-order valence-corrected chi connectivity index (χ3v) is 4.48. The number of aryl methyl sites for hydroxylation is 1. The van der Waals surface area contributed by atoms with E-state index in [1.165, 1.54) is 5.56 Å². The van der Waals surface area contributed by atoms with E-state index in [9.17, 15) is 10.2 Å². The van der Waals surface area contributed by atoms with Gasteiger partial charge in [0.25, 0.3) is 0 Å². The number of phenols is 1. The van der Waals surface area contributed by atoms with Crippen molar-refractivity contribution in [2.45, 2.75) is 13.0 Å². The molecule has 1 heterocycles. The summed E-state index contributed by atoms with van der Waals surface area (Å²) in [6.45, 7) is 6.47. The fourth-order valence-electron chi connectivity index (χ4n) is 2.99. The van der Waals surface area contributed by atoms with Gasteiger partial charge in [0.05, 0.1) is 6.10 Å². The van der Waals surface area contributed by atoms with Crippen LogP contribution in [0.4, 0.5) is 5.69 Å². The van der Waals surface area contributed by atoms with Gasteiger partial charge in [-0.3, -0.25) is 4.90 Å². The maximum absolute atomic E-state index is 10.4. The first kappa shape index (κ1) is 15.8. The minimum absolute atomic E-state index is 0.300. The Kier molecular flexibility index (Phi) is 4.84. The van der Waals surface area contributed by atoms with Crippen molar-refractivity contribution >= 4 is 5.69 Å². The van der Waals surface area contributed by atoms with Crippen LogP contribution >= 0.6 is 0 Å². The van der Waals surface area contributed by atoms with E-state index in [2.05, 4.69) is 16.7 Å². The van der Waals surface area contributed by atoms with Gasteiger partial charge in [-0.2, -0.15) is 0 Å². The van der Waals surface area contributed by atoms with Crippen LogP contribution in [0.3, 0.4) is 0 Å². The molecule has 2 aromatic carbocycles. The third kappa shape index (κ3) is 4.03. The molecule has 1 unspecified atom stereocenters. The zero-order chi connectivity index (χ0) is 16.2. The fourth-order valence-corrected chi connectivity index (χ4v) is 2.99. The van der Waals surface area contributed by atoms with Crippen LogP contribution in [0.1, 0.15) is 17.2 Å². The topological polar surface area (TPSA) is 46.9 Å². The summed E-state index contributed by atoms with van der Waals surface area (Å²) in [7, 11) is 0. The van der Waals surface area contributed by atoms with Crippen LogP contribution < -0.4 is 4.90 Å². The molecule has 0 amide bonds. The van der Waals surface area contributed by atoms with Gasteiger partial charge in [-0.1, -0.05) is 29.8 Å². The zero-order valence-corrected chi connectivity index (χ0v) is 13.5. The average Bonchev–Trinajstić information content (AvgIpc) is 2.57.